The van der Waals surface area contributed by atoms with Gasteiger partial charge in [-0.15, -0.1) is 0 Å². The standard InChI is InChI=1S/C23H19NO5/c1-27-22(25)17-7-10-19(11-8-17)24-14-18-9-12-20(13-21(18)29-23(24)26)28-15-16-5-3-2-4-6-16/h2-13H,14-15H2,1H3. The molecular formula is C23H19NO5. The van der Waals surface area contributed by atoms with Gasteiger partial charge in [0.1, 0.15) is 18.1 Å². The van der Waals surface area contributed by atoms with Crippen molar-refractivity contribution < 1.29 is 23.8 Å². The molecule has 0 N–H and O–H groups in total. The fourth-order valence-electron chi connectivity index (χ4n) is 3.07. The van der Waals surface area contributed by atoms with Crippen molar-refractivity contribution in [1.82, 2.24) is 0 Å². The van der Waals surface area contributed by atoms with Crippen LogP contribution in [0.5, 0.6) is 11.5 Å². The molecule has 0 fully saturated rings. The van der Waals surface area contributed by atoms with E-state index in [0.717, 1.165) is 11.1 Å². The van der Waals surface area contributed by atoms with Crippen LogP contribution in [0.25, 0.3) is 0 Å². The van der Waals surface area contributed by atoms with E-state index in [4.69, 9.17) is 14.2 Å². The third-order valence-electron chi connectivity index (χ3n) is 4.63. The van der Waals surface area contributed by atoms with Crippen molar-refractivity contribution in [3.63, 3.8) is 0 Å². The van der Waals surface area contributed by atoms with E-state index in [1.54, 1.807) is 30.3 Å². The molecule has 0 bridgehead atoms. The Hall–Kier alpha value is -3.80. The highest BCUT2D eigenvalue weighted by Crippen LogP contribution is 2.33. The van der Waals surface area contributed by atoms with Crippen molar-refractivity contribution in [2.45, 2.75) is 13.2 Å². The molecule has 6 nitrogen and oxygen atoms in total. The van der Waals surface area contributed by atoms with Crippen molar-refractivity contribution in [3.05, 3.63) is 89.5 Å². The highest BCUT2D eigenvalue weighted by molar-refractivity contribution is 5.93. The van der Waals surface area contributed by atoms with Crippen molar-refractivity contribution in [3.8, 4) is 11.5 Å². The van der Waals surface area contributed by atoms with E-state index in [0.29, 0.717) is 35.9 Å². The molecular weight excluding hydrogens is 370 g/mol. The monoisotopic (exact) mass is 389 g/mol. The fraction of sp³-hybridized carbons (Fsp3) is 0.130. The Morgan fingerprint density at radius 1 is 1.03 bits per heavy atom. The molecule has 0 spiro atoms. The second-order valence-corrected chi connectivity index (χ2v) is 6.54. The minimum absolute atomic E-state index is 0.366. The molecule has 4 rings (SSSR count). The highest BCUT2D eigenvalue weighted by Gasteiger charge is 2.26. The third-order valence-corrected chi connectivity index (χ3v) is 4.63. The van der Waals surface area contributed by atoms with Gasteiger partial charge in [-0.25, -0.2) is 9.59 Å². The summed E-state index contributed by atoms with van der Waals surface area (Å²) in [5.41, 5.74) is 2.98. The maximum Gasteiger partial charge on any atom is 0.420 e. The Bertz CT molecular complexity index is 1030. The highest BCUT2D eigenvalue weighted by atomic mass is 16.6. The quantitative estimate of drug-likeness (QED) is 0.598. The number of methoxy groups -OCH3 is 1. The summed E-state index contributed by atoms with van der Waals surface area (Å²) in [5, 5.41) is 0. The van der Waals surface area contributed by atoms with E-state index in [1.165, 1.54) is 12.0 Å². The summed E-state index contributed by atoms with van der Waals surface area (Å²) in [4.78, 5) is 25.6. The van der Waals surface area contributed by atoms with Gasteiger partial charge < -0.3 is 14.2 Å². The third kappa shape index (κ3) is 4.06. The molecule has 6 heteroatoms. The first-order valence-corrected chi connectivity index (χ1v) is 9.11. The summed E-state index contributed by atoms with van der Waals surface area (Å²) in [6, 6.07) is 21.9. The van der Waals surface area contributed by atoms with Crippen LogP contribution < -0.4 is 14.4 Å². The molecule has 0 saturated heterocycles. The lowest BCUT2D eigenvalue weighted by molar-refractivity contribution is 0.0600. The number of nitrogens with zero attached hydrogens (tertiary/aromatic N) is 1. The van der Waals surface area contributed by atoms with Crippen LogP contribution in [0.4, 0.5) is 10.5 Å². The fourth-order valence-corrected chi connectivity index (χ4v) is 3.07. The summed E-state index contributed by atoms with van der Waals surface area (Å²) in [7, 11) is 1.33. The minimum Gasteiger partial charge on any atom is -0.489 e. The lowest BCUT2D eigenvalue weighted by atomic mass is 10.1. The largest absolute Gasteiger partial charge is 0.489 e. The van der Waals surface area contributed by atoms with Crippen LogP contribution in [-0.2, 0) is 17.9 Å². The van der Waals surface area contributed by atoms with Gasteiger partial charge in [0, 0.05) is 17.3 Å². The first-order valence-electron chi connectivity index (χ1n) is 9.11. The zero-order valence-electron chi connectivity index (χ0n) is 15.8. The molecule has 1 amide bonds. The van der Waals surface area contributed by atoms with E-state index in [1.807, 2.05) is 42.5 Å². The number of hydrogen-bond donors (Lipinski definition) is 0. The molecule has 29 heavy (non-hydrogen) atoms. The van der Waals surface area contributed by atoms with Gasteiger partial charge in [0.25, 0.3) is 0 Å². The van der Waals surface area contributed by atoms with Crippen molar-refractivity contribution in [2.75, 3.05) is 12.0 Å². The first-order chi connectivity index (χ1) is 14.1. The van der Waals surface area contributed by atoms with Crippen LogP contribution in [0.3, 0.4) is 0 Å². The molecule has 0 saturated carbocycles. The summed E-state index contributed by atoms with van der Waals surface area (Å²) in [6.45, 7) is 0.803. The number of ether oxygens (including phenoxy) is 3. The van der Waals surface area contributed by atoms with E-state index in [9.17, 15) is 9.59 Å². The average Bonchev–Trinajstić information content (AvgIpc) is 2.77. The van der Waals surface area contributed by atoms with E-state index in [2.05, 4.69) is 0 Å². The maximum atomic E-state index is 12.5. The van der Waals surface area contributed by atoms with E-state index in [-0.39, 0.29) is 0 Å². The van der Waals surface area contributed by atoms with Gasteiger partial charge in [-0.05, 0) is 42.0 Å². The smallest absolute Gasteiger partial charge is 0.420 e. The van der Waals surface area contributed by atoms with Gasteiger partial charge in [0.15, 0.2) is 0 Å². The summed E-state index contributed by atoms with van der Waals surface area (Å²) in [5.74, 6) is 0.699. The van der Waals surface area contributed by atoms with Crippen LogP contribution in [0.2, 0.25) is 0 Å². The van der Waals surface area contributed by atoms with Crippen LogP contribution in [0.15, 0.2) is 72.8 Å². The van der Waals surface area contributed by atoms with E-state index >= 15 is 0 Å². The molecule has 3 aromatic carbocycles. The topological polar surface area (TPSA) is 65.1 Å². The number of benzene rings is 3. The van der Waals surface area contributed by atoms with Gasteiger partial charge in [-0.1, -0.05) is 30.3 Å². The normalized spacial score (nSPS) is 12.7. The number of esters is 1. The van der Waals surface area contributed by atoms with Crippen LogP contribution in [-0.4, -0.2) is 19.2 Å². The Morgan fingerprint density at radius 3 is 2.52 bits per heavy atom. The predicted molar refractivity (Wildman–Crippen MR) is 107 cm³/mol. The van der Waals surface area contributed by atoms with E-state index < -0.39 is 12.1 Å². The second kappa shape index (κ2) is 8.06. The van der Waals surface area contributed by atoms with Gasteiger partial charge in [-0.2, -0.15) is 0 Å². The molecule has 3 aromatic rings. The molecule has 0 aromatic heterocycles. The first kappa shape index (κ1) is 18.6. The molecule has 146 valence electrons. The van der Waals surface area contributed by atoms with Crippen molar-refractivity contribution in [1.29, 1.82) is 0 Å². The number of carbonyl (C=O) groups is 2. The van der Waals surface area contributed by atoms with Crippen LogP contribution in [0, 0.1) is 0 Å². The van der Waals surface area contributed by atoms with Crippen LogP contribution >= 0.6 is 0 Å². The zero-order chi connectivity index (χ0) is 20.2. The second-order valence-electron chi connectivity index (χ2n) is 6.54. The molecule has 1 heterocycles. The minimum atomic E-state index is -0.483. The Balaban J connectivity index is 1.48. The Labute approximate surface area is 168 Å². The number of rotatable bonds is 5. The van der Waals surface area contributed by atoms with Gasteiger partial charge >= 0.3 is 12.1 Å². The summed E-state index contributed by atoms with van der Waals surface area (Å²) < 4.78 is 16.0. The van der Waals surface area contributed by atoms with Crippen molar-refractivity contribution in [2.24, 2.45) is 0 Å². The maximum absolute atomic E-state index is 12.5. The number of fused-ring (bicyclic) bond motifs is 1. The molecule has 1 aliphatic heterocycles. The Morgan fingerprint density at radius 2 is 1.79 bits per heavy atom. The SMILES string of the molecule is COC(=O)c1ccc(N2Cc3ccc(OCc4ccccc4)cc3OC2=O)cc1. The number of hydrogen-bond acceptors (Lipinski definition) is 5. The number of carbonyl (C=O) groups excluding carboxylic acids is 2. The molecule has 0 aliphatic carbocycles. The molecule has 0 atom stereocenters. The van der Waals surface area contributed by atoms with Crippen LogP contribution in [0.1, 0.15) is 21.5 Å². The van der Waals surface area contributed by atoms with Gasteiger partial charge in [-0.3, -0.25) is 4.90 Å². The number of anilines is 1. The number of amides is 1. The molecule has 1 aliphatic rings. The Kier molecular flexibility index (Phi) is 5.16. The van der Waals surface area contributed by atoms with Gasteiger partial charge in [0.05, 0.1) is 19.2 Å². The van der Waals surface area contributed by atoms with Crippen molar-refractivity contribution >= 4 is 17.7 Å². The summed E-state index contributed by atoms with van der Waals surface area (Å²) in [6.07, 6.45) is -0.483. The molecule has 0 unspecified atom stereocenters. The lowest BCUT2D eigenvalue weighted by Crippen LogP contribution is -2.37. The predicted octanol–water partition coefficient (Wildman–Crippen LogP) is 4.57. The molecule has 0 radical (unpaired) electrons. The zero-order valence-corrected chi connectivity index (χ0v) is 15.8. The lowest BCUT2D eigenvalue weighted by Gasteiger charge is -2.28. The average molecular weight is 389 g/mol. The van der Waals surface area contributed by atoms with Gasteiger partial charge in [0.2, 0.25) is 0 Å². The summed E-state index contributed by atoms with van der Waals surface area (Å²) >= 11 is 0.